The minimum absolute atomic E-state index is 0.0504. The van der Waals surface area contributed by atoms with Crippen molar-refractivity contribution >= 4 is 29.3 Å². The lowest BCUT2D eigenvalue weighted by Crippen LogP contribution is -2.11. The zero-order chi connectivity index (χ0) is 19.1. The van der Waals surface area contributed by atoms with Gasteiger partial charge in [-0.25, -0.2) is 4.79 Å². The van der Waals surface area contributed by atoms with E-state index in [-0.39, 0.29) is 12.3 Å². The maximum atomic E-state index is 12.1. The molecule has 2 aromatic rings. The van der Waals surface area contributed by atoms with Gasteiger partial charge in [-0.1, -0.05) is 18.2 Å². The van der Waals surface area contributed by atoms with Gasteiger partial charge in [-0.15, -0.1) is 0 Å². The van der Waals surface area contributed by atoms with E-state index in [4.69, 9.17) is 4.74 Å². The van der Waals surface area contributed by atoms with E-state index in [2.05, 4.69) is 5.32 Å². The molecule has 0 spiro atoms. The summed E-state index contributed by atoms with van der Waals surface area (Å²) in [4.78, 5) is 34.2. The number of hydrogen-bond donors (Lipinski definition) is 1. The summed E-state index contributed by atoms with van der Waals surface area (Å²) in [6.07, 6.45) is 2.75. The molecule has 0 atom stereocenters. The van der Waals surface area contributed by atoms with Crippen LogP contribution in [-0.4, -0.2) is 23.4 Å². The highest BCUT2D eigenvalue weighted by Gasteiger charge is 2.10. The molecule has 0 unspecified atom stereocenters. The van der Waals surface area contributed by atoms with Gasteiger partial charge in [0, 0.05) is 23.9 Å². The first-order valence-electron chi connectivity index (χ1n) is 7.92. The number of nitrogens with zero attached hydrogens (tertiary/aromatic N) is 1. The summed E-state index contributed by atoms with van der Waals surface area (Å²) in [6.45, 7) is 3.78. The SMILES string of the molecule is CCOC(=O)c1ccc(C)c(NC(=O)/C=C/c2cccc([N+](=O)[O-])c2)c1. The second kappa shape index (κ2) is 8.57. The summed E-state index contributed by atoms with van der Waals surface area (Å²) < 4.78 is 4.94. The van der Waals surface area contributed by atoms with Gasteiger partial charge in [0.1, 0.15) is 0 Å². The molecule has 1 amide bonds. The molecule has 0 aliphatic rings. The summed E-state index contributed by atoms with van der Waals surface area (Å²) in [5, 5.41) is 13.5. The van der Waals surface area contributed by atoms with Crippen LogP contribution in [0.1, 0.15) is 28.4 Å². The van der Waals surface area contributed by atoms with E-state index in [0.717, 1.165) is 5.56 Å². The Morgan fingerprint density at radius 2 is 2.00 bits per heavy atom. The minimum atomic E-state index is -0.498. The van der Waals surface area contributed by atoms with Crippen LogP contribution in [0.25, 0.3) is 6.08 Å². The molecule has 7 nitrogen and oxygen atoms in total. The smallest absolute Gasteiger partial charge is 0.338 e. The van der Waals surface area contributed by atoms with E-state index < -0.39 is 16.8 Å². The molecule has 0 saturated heterocycles. The van der Waals surface area contributed by atoms with Crippen molar-refractivity contribution in [3.8, 4) is 0 Å². The van der Waals surface area contributed by atoms with Crippen molar-refractivity contribution in [2.24, 2.45) is 0 Å². The summed E-state index contributed by atoms with van der Waals surface area (Å²) in [5.41, 5.74) is 2.10. The minimum Gasteiger partial charge on any atom is -0.462 e. The van der Waals surface area contributed by atoms with Crippen LogP contribution in [0.15, 0.2) is 48.5 Å². The van der Waals surface area contributed by atoms with Gasteiger partial charge in [-0.2, -0.15) is 0 Å². The molecule has 0 heterocycles. The molecule has 0 aliphatic heterocycles. The summed E-state index contributed by atoms with van der Waals surface area (Å²) in [7, 11) is 0. The zero-order valence-electron chi connectivity index (χ0n) is 14.4. The normalized spacial score (nSPS) is 10.5. The van der Waals surface area contributed by atoms with Crippen LogP contribution >= 0.6 is 0 Å². The van der Waals surface area contributed by atoms with Crippen LogP contribution in [0.4, 0.5) is 11.4 Å². The number of nitro groups is 1. The average molecular weight is 354 g/mol. The number of rotatable bonds is 6. The maximum Gasteiger partial charge on any atom is 0.338 e. The van der Waals surface area contributed by atoms with E-state index in [9.17, 15) is 19.7 Å². The molecule has 0 bridgehead atoms. The largest absolute Gasteiger partial charge is 0.462 e. The maximum absolute atomic E-state index is 12.1. The molecule has 0 radical (unpaired) electrons. The van der Waals surface area contributed by atoms with Gasteiger partial charge in [0.25, 0.3) is 5.69 Å². The van der Waals surface area contributed by atoms with E-state index in [1.54, 1.807) is 44.2 Å². The van der Waals surface area contributed by atoms with E-state index in [1.165, 1.54) is 24.3 Å². The van der Waals surface area contributed by atoms with Crippen molar-refractivity contribution in [3.63, 3.8) is 0 Å². The number of amides is 1. The Morgan fingerprint density at radius 3 is 2.69 bits per heavy atom. The van der Waals surface area contributed by atoms with E-state index >= 15 is 0 Å². The van der Waals surface area contributed by atoms with Crippen molar-refractivity contribution in [1.82, 2.24) is 0 Å². The van der Waals surface area contributed by atoms with Crippen LogP contribution in [-0.2, 0) is 9.53 Å². The van der Waals surface area contributed by atoms with Crippen molar-refractivity contribution in [3.05, 3.63) is 75.3 Å². The number of carbonyl (C=O) groups excluding carboxylic acids is 2. The first-order chi connectivity index (χ1) is 12.4. The van der Waals surface area contributed by atoms with Crippen LogP contribution < -0.4 is 5.32 Å². The van der Waals surface area contributed by atoms with Crippen molar-refractivity contribution in [1.29, 1.82) is 0 Å². The van der Waals surface area contributed by atoms with Gasteiger partial charge < -0.3 is 10.1 Å². The molecule has 0 aliphatic carbocycles. The Morgan fingerprint density at radius 1 is 1.23 bits per heavy atom. The predicted octanol–water partition coefficient (Wildman–Crippen LogP) is 3.73. The number of ether oxygens (including phenoxy) is 1. The highest BCUT2D eigenvalue weighted by atomic mass is 16.6. The molecule has 1 N–H and O–H groups in total. The molecule has 2 rings (SSSR count). The second-order valence-corrected chi connectivity index (χ2v) is 5.42. The third-order valence-electron chi connectivity index (χ3n) is 3.51. The van der Waals surface area contributed by atoms with Gasteiger partial charge in [0.05, 0.1) is 17.1 Å². The van der Waals surface area contributed by atoms with Crippen LogP contribution in [0.2, 0.25) is 0 Å². The number of aryl methyl sites for hydroxylation is 1. The molecular formula is C19H18N2O5. The van der Waals surface area contributed by atoms with Gasteiger partial charge in [0.2, 0.25) is 5.91 Å². The van der Waals surface area contributed by atoms with Crippen LogP contribution in [0.5, 0.6) is 0 Å². The molecule has 0 aromatic heterocycles. The Bertz CT molecular complexity index is 874. The van der Waals surface area contributed by atoms with Gasteiger partial charge >= 0.3 is 5.97 Å². The number of nitrogens with one attached hydrogen (secondary N) is 1. The molecule has 0 saturated carbocycles. The highest BCUT2D eigenvalue weighted by molar-refractivity contribution is 6.03. The zero-order valence-corrected chi connectivity index (χ0v) is 14.4. The summed E-state index contributed by atoms with van der Waals surface area (Å²) in [5.74, 6) is -0.879. The molecule has 134 valence electrons. The lowest BCUT2D eigenvalue weighted by atomic mass is 10.1. The van der Waals surface area contributed by atoms with Crippen molar-refractivity contribution in [2.45, 2.75) is 13.8 Å². The van der Waals surface area contributed by atoms with Crippen LogP contribution in [0.3, 0.4) is 0 Å². The molecule has 0 fully saturated rings. The average Bonchev–Trinajstić information content (AvgIpc) is 2.62. The number of nitro benzene ring substituents is 1. The quantitative estimate of drug-likeness (QED) is 0.369. The number of non-ortho nitro benzene ring substituents is 1. The molecular weight excluding hydrogens is 336 g/mol. The molecule has 7 heteroatoms. The van der Waals surface area contributed by atoms with Gasteiger partial charge in [0.15, 0.2) is 0 Å². The van der Waals surface area contributed by atoms with Crippen molar-refractivity contribution < 1.29 is 19.2 Å². The lowest BCUT2D eigenvalue weighted by molar-refractivity contribution is -0.384. The highest BCUT2D eigenvalue weighted by Crippen LogP contribution is 2.18. The number of benzene rings is 2. The first kappa shape index (κ1) is 18.9. The fourth-order valence-electron chi connectivity index (χ4n) is 2.19. The number of esters is 1. The fraction of sp³-hybridized carbons (Fsp3) is 0.158. The van der Waals surface area contributed by atoms with E-state index in [0.29, 0.717) is 16.8 Å². The number of anilines is 1. The summed E-state index contributed by atoms with van der Waals surface area (Å²) >= 11 is 0. The van der Waals surface area contributed by atoms with Crippen LogP contribution in [0, 0.1) is 17.0 Å². The van der Waals surface area contributed by atoms with Crippen molar-refractivity contribution in [2.75, 3.05) is 11.9 Å². The Hall–Kier alpha value is -3.48. The molecule has 26 heavy (non-hydrogen) atoms. The Labute approximate surface area is 150 Å². The topological polar surface area (TPSA) is 98.5 Å². The number of carbonyl (C=O) groups is 2. The summed E-state index contributed by atoms with van der Waals surface area (Å²) in [6, 6.07) is 10.8. The van der Waals surface area contributed by atoms with Gasteiger partial charge in [-0.05, 0) is 43.2 Å². The van der Waals surface area contributed by atoms with E-state index in [1.807, 2.05) is 0 Å². The molecule has 2 aromatic carbocycles. The Kier molecular flexibility index (Phi) is 6.21. The Balaban J connectivity index is 2.12. The second-order valence-electron chi connectivity index (χ2n) is 5.42. The third-order valence-corrected chi connectivity index (χ3v) is 3.51. The number of hydrogen-bond acceptors (Lipinski definition) is 5. The van der Waals surface area contributed by atoms with Gasteiger partial charge in [-0.3, -0.25) is 14.9 Å². The first-order valence-corrected chi connectivity index (χ1v) is 7.92. The standard InChI is InChI=1S/C19H18N2O5/c1-3-26-19(23)15-9-7-13(2)17(12-15)20-18(22)10-8-14-5-4-6-16(11-14)21(24)25/h4-12H,3H2,1-2H3,(H,20,22)/b10-8+. The lowest BCUT2D eigenvalue weighted by Gasteiger charge is -2.09. The monoisotopic (exact) mass is 354 g/mol. The third kappa shape index (κ3) is 5.01. The predicted molar refractivity (Wildman–Crippen MR) is 97.9 cm³/mol. The fourth-order valence-corrected chi connectivity index (χ4v) is 2.19.